The van der Waals surface area contributed by atoms with Crippen LogP contribution in [-0.2, 0) is 9.59 Å². The molecule has 2 amide bonds. The maximum Gasteiger partial charge on any atom is 0.275 e. The highest BCUT2D eigenvalue weighted by molar-refractivity contribution is 5.79. The Morgan fingerprint density at radius 2 is 1.68 bits per heavy atom. The SMILES string of the molecule is CC[NH+](CC(=O)N[C@H](C)c1ccc(C)c(C)c1)CC(=O)NC(C)(C)C. The first-order chi connectivity index (χ1) is 11.5. The van der Waals surface area contributed by atoms with E-state index in [9.17, 15) is 9.59 Å². The first-order valence-electron chi connectivity index (χ1n) is 9.03. The zero-order valence-corrected chi connectivity index (χ0v) is 16.7. The molecule has 0 radical (unpaired) electrons. The molecule has 5 nitrogen and oxygen atoms in total. The summed E-state index contributed by atoms with van der Waals surface area (Å²) in [5.41, 5.74) is 3.31. The molecule has 1 unspecified atom stereocenters. The summed E-state index contributed by atoms with van der Waals surface area (Å²) in [7, 11) is 0. The number of carbonyl (C=O) groups is 2. The molecule has 0 spiro atoms. The van der Waals surface area contributed by atoms with Gasteiger partial charge < -0.3 is 15.5 Å². The average molecular weight is 349 g/mol. The third kappa shape index (κ3) is 7.69. The third-order valence-electron chi connectivity index (χ3n) is 4.24. The summed E-state index contributed by atoms with van der Waals surface area (Å²) in [5.74, 6) is -0.0644. The number of carbonyl (C=O) groups excluding carboxylic acids is 2. The second kappa shape index (κ2) is 8.99. The van der Waals surface area contributed by atoms with Gasteiger partial charge in [0, 0.05) is 5.54 Å². The van der Waals surface area contributed by atoms with Crippen LogP contribution in [0.1, 0.15) is 57.4 Å². The molecule has 1 aromatic carbocycles. The lowest BCUT2D eigenvalue weighted by Crippen LogP contribution is -3.14. The molecule has 0 aliphatic rings. The first kappa shape index (κ1) is 21.2. The molecule has 0 bridgehead atoms. The second-order valence-electron chi connectivity index (χ2n) is 7.89. The fourth-order valence-corrected chi connectivity index (χ4v) is 2.64. The van der Waals surface area contributed by atoms with Gasteiger partial charge in [0.25, 0.3) is 11.8 Å². The van der Waals surface area contributed by atoms with Gasteiger partial charge in [0.2, 0.25) is 0 Å². The van der Waals surface area contributed by atoms with Crippen molar-refractivity contribution < 1.29 is 14.5 Å². The maximum atomic E-state index is 12.4. The Hall–Kier alpha value is -1.88. The summed E-state index contributed by atoms with van der Waals surface area (Å²) < 4.78 is 0. The Morgan fingerprint density at radius 3 is 2.20 bits per heavy atom. The smallest absolute Gasteiger partial charge is 0.275 e. The number of benzene rings is 1. The minimum Gasteiger partial charge on any atom is -0.347 e. The highest BCUT2D eigenvalue weighted by atomic mass is 16.2. The van der Waals surface area contributed by atoms with Gasteiger partial charge in [-0.3, -0.25) is 9.59 Å². The van der Waals surface area contributed by atoms with Crippen molar-refractivity contribution in [1.82, 2.24) is 10.6 Å². The number of nitrogens with one attached hydrogen (secondary N) is 3. The summed E-state index contributed by atoms with van der Waals surface area (Å²) in [4.78, 5) is 25.4. The Kier molecular flexibility index (Phi) is 7.61. The monoisotopic (exact) mass is 348 g/mol. The van der Waals surface area contributed by atoms with Gasteiger partial charge in [0.15, 0.2) is 13.1 Å². The topological polar surface area (TPSA) is 62.6 Å². The van der Waals surface area contributed by atoms with Crippen molar-refractivity contribution >= 4 is 11.8 Å². The molecule has 0 aliphatic heterocycles. The van der Waals surface area contributed by atoms with E-state index in [0.29, 0.717) is 13.1 Å². The number of hydrogen-bond acceptors (Lipinski definition) is 2. The highest BCUT2D eigenvalue weighted by Gasteiger charge is 2.21. The minimum absolute atomic E-state index is 0.0284. The molecule has 0 heterocycles. The molecule has 5 heteroatoms. The minimum atomic E-state index is -0.254. The zero-order chi connectivity index (χ0) is 19.2. The normalized spacial score (nSPS) is 13.9. The Balaban J connectivity index is 2.57. The van der Waals surface area contributed by atoms with Crippen molar-refractivity contribution in [3.63, 3.8) is 0 Å². The lowest BCUT2D eigenvalue weighted by atomic mass is 10.0. The predicted molar refractivity (Wildman–Crippen MR) is 102 cm³/mol. The van der Waals surface area contributed by atoms with E-state index in [1.165, 1.54) is 11.1 Å². The molecule has 0 aliphatic carbocycles. The summed E-state index contributed by atoms with van der Waals surface area (Å²) >= 11 is 0. The molecule has 3 N–H and O–H groups in total. The molecule has 0 fully saturated rings. The van der Waals surface area contributed by atoms with E-state index in [2.05, 4.69) is 42.7 Å². The van der Waals surface area contributed by atoms with Gasteiger partial charge in [-0.1, -0.05) is 18.2 Å². The van der Waals surface area contributed by atoms with Gasteiger partial charge in [0.1, 0.15) is 0 Å². The Bertz CT molecular complexity index is 605. The van der Waals surface area contributed by atoms with Crippen molar-refractivity contribution in [2.24, 2.45) is 0 Å². The van der Waals surface area contributed by atoms with Crippen LogP contribution >= 0.6 is 0 Å². The van der Waals surface area contributed by atoms with Gasteiger partial charge in [-0.2, -0.15) is 0 Å². The van der Waals surface area contributed by atoms with Crippen LogP contribution in [0.4, 0.5) is 0 Å². The van der Waals surface area contributed by atoms with Gasteiger partial charge in [-0.15, -0.1) is 0 Å². The summed E-state index contributed by atoms with van der Waals surface area (Å²) in [6.07, 6.45) is 0. The first-order valence-corrected chi connectivity index (χ1v) is 9.03. The van der Waals surface area contributed by atoms with Crippen LogP contribution in [0.25, 0.3) is 0 Å². The number of amides is 2. The molecule has 1 aromatic rings. The van der Waals surface area contributed by atoms with Crippen LogP contribution in [0.3, 0.4) is 0 Å². The van der Waals surface area contributed by atoms with Crippen LogP contribution in [0.2, 0.25) is 0 Å². The van der Waals surface area contributed by atoms with Gasteiger partial charge >= 0.3 is 0 Å². The maximum absolute atomic E-state index is 12.4. The highest BCUT2D eigenvalue weighted by Crippen LogP contribution is 2.16. The van der Waals surface area contributed by atoms with Gasteiger partial charge in [0.05, 0.1) is 12.6 Å². The van der Waals surface area contributed by atoms with Crippen molar-refractivity contribution in [1.29, 1.82) is 0 Å². The molecule has 2 atom stereocenters. The van der Waals surface area contributed by atoms with E-state index in [1.54, 1.807) is 0 Å². The Labute approximate surface area is 152 Å². The van der Waals surface area contributed by atoms with Crippen molar-refractivity contribution in [2.45, 2.75) is 60.0 Å². The third-order valence-corrected chi connectivity index (χ3v) is 4.24. The van der Waals surface area contributed by atoms with E-state index >= 15 is 0 Å². The van der Waals surface area contributed by atoms with Crippen LogP contribution in [0, 0.1) is 13.8 Å². The molecular formula is C20H34N3O2+. The quantitative estimate of drug-likeness (QED) is 0.695. The van der Waals surface area contributed by atoms with Gasteiger partial charge in [-0.25, -0.2) is 0 Å². The lowest BCUT2D eigenvalue weighted by molar-refractivity contribution is -0.881. The summed E-state index contributed by atoms with van der Waals surface area (Å²) in [6, 6.07) is 6.19. The van der Waals surface area contributed by atoms with Gasteiger partial charge in [-0.05, 0) is 65.2 Å². The number of aryl methyl sites for hydroxylation is 2. The largest absolute Gasteiger partial charge is 0.347 e. The molecule has 25 heavy (non-hydrogen) atoms. The number of hydrogen-bond donors (Lipinski definition) is 3. The number of quaternary nitrogens is 1. The average Bonchev–Trinajstić information content (AvgIpc) is 2.47. The van der Waals surface area contributed by atoms with Crippen LogP contribution in [-0.4, -0.2) is 37.0 Å². The van der Waals surface area contributed by atoms with Crippen LogP contribution in [0.5, 0.6) is 0 Å². The van der Waals surface area contributed by atoms with E-state index in [1.807, 2.05) is 34.6 Å². The summed E-state index contributed by atoms with van der Waals surface area (Å²) in [5, 5.41) is 5.98. The van der Waals surface area contributed by atoms with E-state index in [-0.39, 0.29) is 23.4 Å². The fraction of sp³-hybridized carbons (Fsp3) is 0.600. The molecule has 1 rings (SSSR count). The Morgan fingerprint density at radius 1 is 1.08 bits per heavy atom. The van der Waals surface area contributed by atoms with E-state index in [4.69, 9.17) is 0 Å². The van der Waals surface area contributed by atoms with E-state index in [0.717, 1.165) is 17.0 Å². The standard InChI is InChI=1S/C20H33N3O2/c1-8-23(13-19(25)22-20(5,6)7)12-18(24)21-16(4)17-10-9-14(2)15(3)11-17/h9-11,16H,8,12-13H2,1-7H3,(H,21,24)(H,22,25)/p+1/t16-/m1/s1. The number of likely N-dealkylation sites (N-methyl/N-ethyl adjacent to an activating group) is 1. The van der Waals surface area contributed by atoms with E-state index < -0.39 is 0 Å². The van der Waals surface area contributed by atoms with Crippen molar-refractivity contribution in [2.75, 3.05) is 19.6 Å². The molecule has 140 valence electrons. The summed E-state index contributed by atoms with van der Waals surface area (Å²) in [6.45, 7) is 15.3. The lowest BCUT2D eigenvalue weighted by Gasteiger charge is -2.23. The predicted octanol–water partition coefficient (Wildman–Crippen LogP) is 1.30. The molecule has 0 saturated heterocycles. The van der Waals surface area contributed by atoms with Crippen LogP contribution in [0.15, 0.2) is 18.2 Å². The zero-order valence-electron chi connectivity index (χ0n) is 16.7. The fourth-order valence-electron chi connectivity index (χ4n) is 2.64. The molecule has 0 aromatic heterocycles. The van der Waals surface area contributed by atoms with Crippen molar-refractivity contribution in [3.8, 4) is 0 Å². The van der Waals surface area contributed by atoms with Crippen LogP contribution < -0.4 is 15.5 Å². The molecule has 0 saturated carbocycles. The number of rotatable bonds is 7. The van der Waals surface area contributed by atoms with Crippen molar-refractivity contribution in [3.05, 3.63) is 34.9 Å². The molecular weight excluding hydrogens is 314 g/mol. The second-order valence-corrected chi connectivity index (χ2v) is 7.89.